The van der Waals surface area contributed by atoms with Crippen molar-refractivity contribution in [1.82, 2.24) is 14.9 Å². The van der Waals surface area contributed by atoms with Gasteiger partial charge in [-0.1, -0.05) is 16.8 Å². The minimum absolute atomic E-state index is 0.188. The van der Waals surface area contributed by atoms with Crippen molar-refractivity contribution in [3.05, 3.63) is 51.9 Å². The van der Waals surface area contributed by atoms with E-state index in [1.807, 2.05) is 13.8 Å². The van der Waals surface area contributed by atoms with Crippen LogP contribution >= 0.6 is 11.6 Å². The molecular formula is C15H15ClN4O3. The quantitative estimate of drug-likeness (QED) is 0.790. The second kappa shape index (κ2) is 5.92. The Hall–Kier alpha value is -2.54. The number of hydrogen-bond donors (Lipinski definition) is 1. The van der Waals surface area contributed by atoms with E-state index in [2.05, 4.69) is 15.6 Å². The lowest BCUT2D eigenvalue weighted by molar-refractivity contribution is 0.0993. The zero-order valence-corrected chi connectivity index (χ0v) is 13.6. The van der Waals surface area contributed by atoms with Gasteiger partial charge in [0.2, 0.25) is 0 Å². The fourth-order valence-electron chi connectivity index (χ4n) is 2.16. The number of nitrogens with one attached hydrogen (secondary N) is 1. The normalized spacial score (nSPS) is 11.0. The van der Waals surface area contributed by atoms with Gasteiger partial charge < -0.3 is 14.3 Å². The average Bonchev–Trinajstić information content (AvgIpc) is 3.18. The van der Waals surface area contributed by atoms with E-state index in [9.17, 15) is 4.79 Å². The number of aryl methyl sites for hydroxylation is 2. The summed E-state index contributed by atoms with van der Waals surface area (Å²) in [5.74, 6) is 1.36. The van der Waals surface area contributed by atoms with Crippen LogP contribution in [0.5, 0.6) is 0 Å². The number of carbonyl (C=O) groups is 1. The SMILES string of the molecule is Cc1cc(NC(=O)c2ccc(Cn3nc(C)c(Cl)c3C)o2)no1. The van der Waals surface area contributed by atoms with Crippen LogP contribution in [0.2, 0.25) is 5.02 Å². The molecule has 3 heterocycles. The molecule has 0 aliphatic carbocycles. The van der Waals surface area contributed by atoms with Crippen LogP contribution in [-0.4, -0.2) is 20.8 Å². The van der Waals surface area contributed by atoms with Gasteiger partial charge in [-0.25, -0.2) is 0 Å². The van der Waals surface area contributed by atoms with Crippen LogP contribution in [-0.2, 0) is 6.54 Å². The highest BCUT2D eigenvalue weighted by molar-refractivity contribution is 6.31. The van der Waals surface area contributed by atoms with Crippen LogP contribution < -0.4 is 5.32 Å². The van der Waals surface area contributed by atoms with Crippen LogP contribution in [0.1, 0.15) is 33.5 Å². The summed E-state index contributed by atoms with van der Waals surface area (Å²) >= 11 is 6.12. The molecule has 0 aliphatic heterocycles. The molecule has 0 saturated heterocycles. The predicted molar refractivity (Wildman–Crippen MR) is 83.7 cm³/mol. The van der Waals surface area contributed by atoms with Crippen LogP contribution in [0.4, 0.5) is 5.82 Å². The van der Waals surface area contributed by atoms with Crippen LogP contribution in [0.25, 0.3) is 0 Å². The number of hydrogen-bond acceptors (Lipinski definition) is 5. The average molecular weight is 335 g/mol. The van der Waals surface area contributed by atoms with Crippen molar-refractivity contribution in [3.8, 4) is 0 Å². The maximum absolute atomic E-state index is 12.1. The van der Waals surface area contributed by atoms with Gasteiger partial charge in [-0.15, -0.1) is 0 Å². The molecule has 0 atom stereocenters. The van der Waals surface area contributed by atoms with Crippen molar-refractivity contribution in [2.45, 2.75) is 27.3 Å². The van der Waals surface area contributed by atoms with Crippen LogP contribution in [0.15, 0.2) is 27.1 Å². The Morgan fingerprint density at radius 2 is 2.13 bits per heavy atom. The third kappa shape index (κ3) is 3.14. The maximum Gasteiger partial charge on any atom is 0.292 e. The number of halogens is 1. The van der Waals surface area contributed by atoms with E-state index in [4.69, 9.17) is 20.5 Å². The molecule has 120 valence electrons. The zero-order chi connectivity index (χ0) is 16.6. The van der Waals surface area contributed by atoms with E-state index in [1.54, 1.807) is 29.8 Å². The second-order valence-electron chi connectivity index (χ2n) is 5.19. The minimum atomic E-state index is -0.393. The highest BCUT2D eigenvalue weighted by Gasteiger charge is 2.15. The molecule has 7 nitrogen and oxygen atoms in total. The van der Waals surface area contributed by atoms with Gasteiger partial charge in [0.25, 0.3) is 5.91 Å². The topological polar surface area (TPSA) is 86.1 Å². The van der Waals surface area contributed by atoms with Crippen molar-refractivity contribution in [3.63, 3.8) is 0 Å². The van der Waals surface area contributed by atoms with Crippen molar-refractivity contribution in [2.75, 3.05) is 5.32 Å². The fraction of sp³-hybridized carbons (Fsp3) is 0.267. The van der Waals surface area contributed by atoms with E-state index in [0.29, 0.717) is 28.9 Å². The van der Waals surface area contributed by atoms with E-state index < -0.39 is 5.91 Å². The molecular weight excluding hydrogens is 320 g/mol. The molecule has 0 radical (unpaired) electrons. The van der Waals surface area contributed by atoms with E-state index >= 15 is 0 Å². The van der Waals surface area contributed by atoms with Gasteiger partial charge in [-0.2, -0.15) is 5.10 Å². The number of aromatic nitrogens is 3. The molecule has 1 amide bonds. The molecule has 8 heteroatoms. The van der Waals surface area contributed by atoms with E-state index in [0.717, 1.165) is 11.4 Å². The maximum atomic E-state index is 12.1. The summed E-state index contributed by atoms with van der Waals surface area (Å²) in [7, 11) is 0. The molecule has 0 spiro atoms. The lowest BCUT2D eigenvalue weighted by Crippen LogP contribution is -2.11. The minimum Gasteiger partial charge on any atom is -0.454 e. The summed E-state index contributed by atoms with van der Waals surface area (Å²) < 4.78 is 12.2. The van der Waals surface area contributed by atoms with Crippen LogP contribution in [0.3, 0.4) is 0 Å². The lowest BCUT2D eigenvalue weighted by Gasteiger charge is -2.01. The molecule has 0 unspecified atom stereocenters. The summed E-state index contributed by atoms with van der Waals surface area (Å²) in [6.45, 7) is 5.86. The molecule has 3 aromatic rings. The Kier molecular flexibility index (Phi) is 3.96. The van der Waals surface area contributed by atoms with Gasteiger partial charge in [0.15, 0.2) is 11.6 Å². The third-order valence-corrected chi connectivity index (χ3v) is 3.90. The number of amides is 1. The zero-order valence-electron chi connectivity index (χ0n) is 12.9. The summed E-state index contributed by atoms with van der Waals surface area (Å²) in [5, 5.41) is 11.3. The number of nitrogens with zero attached hydrogens (tertiary/aromatic N) is 3. The van der Waals surface area contributed by atoms with Gasteiger partial charge in [0, 0.05) is 6.07 Å². The summed E-state index contributed by atoms with van der Waals surface area (Å²) in [5.41, 5.74) is 1.61. The number of rotatable bonds is 4. The van der Waals surface area contributed by atoms with Gasteiger partial charge in [-0.05, 0) is 32.9 Å². The van der Waals surface area contributed by atoms with Gasteiger partial charge in [-0.3, -0.25) is 9.48 Å². The molecule has 3 aromatic heterocycles. The smallest absolute Gasteiger partial charge is 0.292 e. The predicted octanol–water partition coefficient (Wildman–Crippen LogP) is 3.34. The van der Waals surface area contributed by atoms with Crippen LogP contribution in [0, 0.1) is 20.8 Å². The molecule has 0 aromatic carbocycles. The van der Waals surface area contributed by atoms with Crippen molar-refractivity contribution in [1.29, 1.82) is 0 Å². The lowest BCUT2D eigenvalue weighted by atomic mass is 10.4. The summed E-state index contributed by atoms with van der Waals surface area (Å²) in [6, 6.07) is 4.96. The first-order chi connectivity index (χ1) is 10.9. The Balaban J connectivity index is 1.72. The molecule has 0 saturated carbocycles. The molecule has 23 heavy (non-hydrogen) atoms. The summed E-state index contributed by atoms with van der Waals surface area (Å²) in [6.07, 6.45) is 0. The molecule has 0 bridgehead atoms. The Labute approximate surface area is 137 Å². The highest BCUT2D eigenvalue weighted by atomic mass is 35.5. The van der Waals surface area contributed by atoms with Crippen molar-refractivity contribution in [2.24, 2.45) is 0 Å². The number of furan rings is 1. The molecule has 0 aliphatic rings. The first-order valence-electron chi connectivity index (χ1n) is 6.97. The Morgan fingerprint density at radius 1 is 1.35 bits per heavy atom. The first kappa shape index (κ1) is 15.4. The van der Waals surface area contributed by atoms with Gasteiger partial charge >= 0.3 is 0 Å². The highest BCUT2D eigenvalue weighted by Crippen LogP contribution is 2.20. The van der Waals surface area contributed by atoms with Crippen molar-refractivity contribution < 1.29 is 13.7 Å². The molecule has 3 rings (SSSR count). The van der Waals surface area contributed by atoms with Gasteiger partial charge in [0.1, 0.15) is 11.5 Å². The fourth-order valence-corrected chi connectivity index (χ4v) is 2.30. The molecule has 1 N–H and O–H groups in total. The number of carbonyl (C=O) groups excluding carboxylic acids is 1. The standard InChI is InChI=1S/C15H15ClN4O3/c1-8-6-13(19-23-8)17-15(21)12-5-4-11(22-12)7-20-10(3)14(16)9(2)18-20/h4-6H,7H2,1-3H3,(H,17,19,21). The second-order valence-corrected chi connectivity index (χ2v) is 5.56. The van der Waals surface area contributed by atoms with Gasteiger partial charge in [0.05, 0.1) is 23.0 Å². The Morgan fingerprint density at radius 3 is 2.74 bits per heavy atom. The number of anilines is 1. The first-order valence-corrected chi connectivity index (χ1v) is 7.34. The monoisotopic (exact) mass is 334 g/mol. The summed E-state index contributed by atoms with van der Waals surface area (Å²) in [4.78, 5) is 12.1. The third-order valence-electron chi connectivity index (χ3n) is 3.35. The largest absolute Gasteiger partial charge is 0.454 e. The van der Waals surface area contributed by atoms with E-state index in [1.165, 1.54) is 0 Å². The van der Waals surface area contributed by atoms with Crippen molar-refractivity contribution >= 4 is 23.3 Å². The Bertz CT molecular complexity index is 862. The molecule has 0 fully saturated rings. The van der Waals surface area contributed by atoms with E-state index in [-0.39, 0.29) is 5.76 Å².